The fourth-order valence-electron chi connectivity index (χ4n) is 11.0. The molecule has 0 aliphatic heterocycles. The van der Waals surface area contributed by atoms with Crippen LogP contribution in [-0.4, -0.2) is 36.3 Å². The minimum Gasteiger partial charge on any atom is -0.503 e. The van der Waals surface area contributed by atoms with Gasteiger partial charge in [0.15, 0.2) is 0 Å². The molecule has 6 nitrogen and oxygen atoms in total. The number of halogens is 2. The molecule has 0 unspecified atom stereocenters. The number of nitrogens with one attached hydrogen (secondary N) is 4. The van der Waals surface area contributed by atoms with Crippen LogP contribution in [0.3, 0.4) is 0 Å². The highest BCUT2D eigenvalue weighted by Crippen LogP contribution is 2.35. The largest absolute Gasteiger partial charge is 0.796 e. The van der Waals surface area contributed by atoms with Crippen molar-refractivity contribution in [3.8, 4) is 22.5 Å². The van der Waals surface area contributed by atoms with E-state index >= 15 is 0 Å². The lowest BCUT2D eigenvalue weighted by molar-refractivity contribution is 0.104. The number of carbonyl (C=O) groups is 1. The Hall–Kier alpha value is -3.95. The summed E-state index contributed by atoms with van der Waals surface area (Å²) in [6.07, 6.45) is 42.1. The first kappa shape index (κ1) is 62.6. The van der Waals surface area contributed by atoms with Crippen LogP contribution >= 0.6 is 0 Å². The van der Waals surface area contributed by atoms with Gasteiger partial charge in [-0.2, -0.15) is 0 Å². The lowest BCUT2D eigenvalue weighted by Crippen LogP contribution is -2.14. The molecule has 2 heterocycles. The van der Waals surface area contributed by atoms with Crippen LogP contribution in [0.15, 0.2) is 54.6 Å². The number of aromatic amines is 2. The summed E-state index contributed by atoms with van der Waals surface area (Å²) in [6, 6.07) is 17.0. The molecule has 0 saturated carbocycles. The first-order valence-electron chi connectivity index (χ1n) is 30.6. The molecule has 0 bridgehead atoms. The highest BCUT2D eigenvalue weighted by atomic mass is 19.2. The molecule has 0 spiro atoms. The van der Waals surface area contributed by atoms with Crippen molar-refractivity contribution in [3.63, 3.8) is 0 Å². The van der Waals surface area contributed by atoms with Gasteiger partial charge in [0.25, 0.3) is 0 Å². The summed E-state index contributed by atoms with van der Waals surface area (Å²) < 4.78 is 33.8. The second-order valence-corrected chi connectivity index (χ2v) is 21.3. The molecule has 4 aromatic rings. The van der Waals surface area contributed by atoms with Crippen LogP contribution in [0.5, 0.6) is 0 Å². The lowest BCUT2D eigenvalue weighted by atomic mass is 9.97. The van der Waals surface area contributed by atoms with Gasteiger partial charge in [0.1, 0.15) is 5.76 Å². The Morgan fingerprint density at radius 2 is 0.757 bits per heavy atom. The third kappa shape index (κ3) is 22.7. The number of allylic oxidation sites excluding steroid dienone is 1. The molecular weight excluding hydrogens is 918 g/mol. The molecule has 74 heavy (non-hydrogen) atoms. The zero-order valence-electron chi connectivity index (χ0n) is 47.8. The quantitative estimate of drug-likeness (QED) is 0.0117. The molecule has 0 amide bonds. The van der Waals surface area contributed by atoms with E-state index in [1.54, 1.807) is 0 Å². The molecule has 0 fully saturated rings. The van der Waals surface area contributed by atoms with Gasteiger partial charge in [0.05, 0.1) is 11.4 Å². The van der Waals surface area contributed by atoms with Crippen molar-refractivity contribution in [3.05, 3.63) is 99.4 Å². The SMILES string of the molecule is CCCCCCCCCCCCCCCCNCc1ccc(-c2[nH]c(C(=O)/C=C(\OB(F)F)c3[nH]c(-c4ccc(CNCCCCCCCCCCCCCCCC)cc4)c(CC)c3CC)c(CC)c2CC)cc1. The number of rotatable bonds is 45. The molecule has 0 saturated heterocycles. The second-order valence-electron chi connectivity index (χ2n) is 21.3. The van der Waals surface area contributed by atoms with Gasteiger partial charge in [0, 0.05) is 30.6 Å². The Balaban J connectivity index is 1.29. The summed E-state index contributed by atoms with van der Waals surface area (Å²) in [6.45, 7) is 16.4. The predicted octanol–water partition coefficient (Wildman–Crippen LogP) is 19.2. The molecule has 4 rings (SSSR count). The maximum absolute atomic E-state index is 14.3. The number of benzene rings is 2. The number of unbranched alkanes of at least 4 members (excludes halogenated alkanes) is 26. The van der Waals surface area contributed by atoms with Crippen LogP contribution in [0.25, 0.3) is 28.3 Å². The maximum atomic E-state index is 14.3. The zero-order valence-corrected chi connectivity index (χ0v) is 47.8. The van der Waals surface area contributed by atoms with Gasteiger partial charge in [-0.05, 0) is 96.1 Å². The monoisotopic (exact) mass is 1020 g/mol. The third-order valence-electron chi connectivity index (χ3n) is 15.4. The molecular formula is C65H103BF2N4O2. The van der Waals surface area contributed by atoms with Crippen LogP contribution in [0.4, 0.5) is 8.63 Å². The molecule has 0 atom stereocenters. The summed E-state index contributed by atoms with van der Waals surface area (Å²) in [7, 11) is -3.10. The molecule has 0 radical (unpaired) electrons. The standard InChI is InChI=1S/C65H103BF2N4O2/c1-7-13-15-17-19-21-23-25-27-29-31-33-35-37-47-69-50-52-39-43-54(44-40-52)62-56(9-3)58(11-5)64(71-62)60(73)49-61(74-66(67)68)65-59(12-6)57(10-4)63(72-65)55-45-41-53(42-46-55)51-70-48-38-36-34-32-30-28-26-24-22-20-18-16-14-8-2/h39-46,49,69-72H,7-38,47-48,50-51H2,1-6H3/b61-49-. The number of aromatic nitrogens is 2. The Bertz CT molecular complexity index is 2110. The van der Waals surface area contributed by atoms with Crippen LogP contribution in [0, 0.1) is 0 Å². The minimum atomic E-state index is -3.10. The van der Waals surface area contributed by atoms with E-state index in [4.69, 9.17) is 4.65 Å². The molecule has 0 aliphatic carbocycles. The Labute approximate surface area is 450 Å². The van der Waals surface area contributed by atoms with E-state index in [2.05, 4.69) is 96.8 Å². The van der Waals surface area contributed by atoms with Gasteiger partial charge >= 0.3 is 7.47 Å². The van der Waals surface area contributed by atoms with Crippen LogP contribution < -0.4 is 10.6 Å². The van der Waals surface area contributed by atoms with E-state index in [1.165, 1.54) is 197 Å². The van der Waals surface area contributed by atoms with E-state index in [9.17, 15) is 13.4 Å². The molecule has 2 aromatic heterocycles. The summed E-state index contributed by atoms with van der Waals surface area (Å²) >= 11 is 0. The average Bonchev–Trinajstić information content (AvgIpc) is 3.99. The van der Waals surface area contributed by atoms with E-state index < -0.39 is 7.47 Å². The molecule has 9 heteroatoms. The first-order valence-corrected chi connectivity index (χ1v) is 30.6. The summed E-state index contributed by atoms with van der Waals surface area (Å²) in [5.74, 6) is -0.528. The fraction of sp³-hybridized carbons (Fsp3) is 0.646. The molecule has 4 N–H and O–H groups in total. The first-order chi connectivity index (χ1) is 36.3. The number of hydrogen-bond acceptors (Lipinski definition) is 4. The number of hydrogen-bond donors (Lipinski definition) is 4. The minimum absolute atomic E-state index is 0.144. The normalized spacial score (nSPS) is 11.8. The van der Waals surface area contributed by atoms with Crippen LogP contribution in [0.2, 0.25) is 0 Å². The predicted molar refractivity (Wildman–Crippen MR) is 315 cm³/mol. The van der Waals surface area contributed by atoms with Crippen molar-refractivity contribution < 1.29 is 18.1 Å². The number of carbonyl (C=O) groups excluding carboxylic acids is 1. The van der Waals surface area contributed by atoms with Crippen molar-refractivity contribution in [2.45, 2.75) is 260 Å². The maximum Gasteiger partial charge on any atom is 0.796 e. The molecule has 2 aromatic carbocycles. The lowest BCUT2D eigenvalue weighted by Gasteiger charge is -2.10. The van der Waals surface area contributed by atoms with Crippen molar-refractivity contribution in [2.75, 3.05) is 13.1 Å². The number of H-pyrrole nitrogens is 2. The fourth-order valence-corrected chi connectivity index (χ4v) is 11.0. The zero-order chi connectivity index (χ0) is 53.0. The van der Waals surface area contributed by atoms with Crippen molar-refractivity contribution in [1.82, 2.24) is 20.6 Å². The summed E-state index contributed by atoms with van der Waals surface area (Å²) in [5.41, 5.74) is 10.9. The average molecular weight is 1020 g/mol. The second kappa shape index (κ2) is 38.6. The Kier molecular flexibility index (Phi) is 32.6. The van der Waals surface area contributed by atoms with Crippen LogP contribution in [0.1, 0.15) is 271 Å². The van der Waals surface area contributed by atoms with E-state index in [-0.39, 0.29) is 11.5 Å². The summed E-state index contributed by atoms with van der Waals surface area (Å²) in [5, 5.41) is 7.26. The molecule has 0 aliphatic rings. The van der Waals surface area contributed by atoms with Gasteiger partial charge in [-0.3, -0.25) is 4.79 Å². The smallest absolute Gasteiger partial charge is 0.503 e. The summed E-state index contributed by atoms with van der Waals surface area (Å²) in [4.78, 5) is 21.3. The third-order valence-corrected chi connectivity index (χ3v) is 15.4. The van der Waals surface area contributed by atoms with Gasteiger partial charge in [-0.25, -0.2) is 8.63 Å². The van der Waals surface area contributed by atoms with Gasteiger partial charge in [-0.15, -0.1) is 0 Å². The van der Waals surface area contributed by atoms with Gasteiger partial charge in [-0.1, -0.05) is 257 Å². The van der Waals surface area contributed by atoms with E-state index in [0.29, 0.717) is 30.7 Å². The van der Waals surface area contributed by atoms with Crippen molar-refractivity contribution >= 4 is 19.0 Å². The van der Waals surface area contributed by atoms with Crippen molar-refractivity contribution in [2.24, 2.45) is 0 Å². The van der Waals surface area contributed by atoms with Gasteiger partial charge < -0.3 is 25.3 Å². The van der Waals surface area contributed by atoms with E-state index in [0.717, 1.165) is 77.4 Å². The highest BCUT2D eigenvalue weighted by molar-refractivity contribution is 6.36. The number of ketones is 1. The van der Waals surface area contributed by atoms with E-state index in [1.807, 2.05) is 13.8 Å². The molecule has 412 valence electrons. The Morgan fingerprint density at radius 3 is 1.08 bits per heavy atom. The topological polar surface area (TPSA) is 81.9 Å². The van der Waals surface area contributed by atoms with Crippen molar-refractivity contribution in [1.29, 1.82) is 0 Å². The van der Waals surface area contributed by atoms with Gasteiger partial charge in [0.2, 0.25) is 5.78 Å². The Morgan fingerprint density at radius 1 is 0.446 bits per heavy atom. The van der Waals surface area contributed by atoms with Crippen LogP contribution in [-0.2, 0) is 43.4 Å². The highest BCUT2D eigenvalue weighted by Gasteiger charge is 2.28.